The van der Waals surface area contributed by atoms with Gasteiger partial charge in [0.15, 0.2) is 12.4 Å². The summed E-state index contributed by atoms with van der Waals surface area (Å²) in [6.07, 6.45) is 0.513. The zero-order valence-electron chi connectivity index (χ0n) is 10.5. The summed E-state index contributed by atoms with van der Waals surface area (Å²) in [5.74, 6) is 0.0940. The highest BCUT2D eigenvalue weighted by atomic mass is 35.5. The Morgan fingerprint density at radius 2 is 2.37 bits per heavy atom. The maximum Gasteiger partial charge on any atom is 0.258 e. The molecule has 104 valence electrons. The molecule has 0 heterocycles. The van der Waals surface area contributed by atoms with Crippen LogP contribution in [-0.4, -0.2) is 29.6 Å². The number of benzene rings is 1. The number of nitrogens with zero attached hydrogens (tertiary/aromatic N) is 1. The lowest BCUT2D eigenvalue weighted by atomic mass is 10.2. The van der Waals surface area contributed by atoms with Gasteiger partial charge in [0, 0.05) is 5.02 Å². The van der Waals surface area contributed by atoms with Crippen molar-refractivity contribution < 1.29 is 14.7 Å². The molecule has 0 radical (unpaired) electrons. The average Bonchev–Trinajstić information content (AvgIpc) is 2.41. The topological polar surface area (TPSA) is 96.9 Å². The smallest absolute Gasteiger partial charge is 0.258 e. The zero-order chi connectivity index (χ0) is 14.3. The highest BCUT2D eigenvalue weighted by Gasteiger charge is 2.15. The van der Waals surface area contributed by atoms with Gasteiger partial charge in [-0.3, -0.25) is 4.79 Å². The van der Waals surface area contributed by atoms with Gasteiger partial charge in [0.2, 0.25) is 0 Å². The Labute approximate surface area is 116 Å². The number of ether oxygens (including phenoxy) is 1. The first-order valence-electron chi connectivity index (χ1n) is 5.72. The van der Waals surface area contributed by atoms with Gasteiger partial charge in [-0.2, -0.15) is 0 Å². The molecule has 0 fully saturated rings. The summed E-state index contributed by atoms with van der Waals surface area (Å²) in [7, 11) is 0. The molecule has 0 aliphatic carbocycles. The predicted molar refractivity (Wildman–Crippen MR) is 72.6 cm³/mol. The largest absolute Gasteiger partial charge is 0.484 e. The van der Waals surface area contributed by atoms with Crippen LogP contribution < -0.4 is 15.8 Å². The van der Waals surface area contributed by atoms with Crippen molar-refractivity contribution >= 4 is 23.3 Å². The number of nitrogens with one attached hydrogen (secondary N) is 1. The van der Waals surface area contributed by atoms with E-state index in [9.17, 15) is 4.79 Å². The van der Waals surface area contributed by atoms with E-state index >= 15 is 0 Å². The number of carbonyl (C=O) groups is 1. The number of nitrogens with two attached hydrogens (primary N) is 1. The van der Waals surface area contributed by atoms with E-state index in [1.54, 1.807) is 31.2 Å². The number of oxime groups is 1. The maximum absolute atomic E-state index is 11.6. The Hall–Kier alpha value is -1.95. The van der Waals surface area contributed by atoms with Crippen LogP contribution in [0.5, 0.6) is 5.75 Å². The molecule has 0 aliphatic heterocycles. The van der Waals surface area contributed by atoms with Crippen molar-refractivity contribution in [3.8, 4) is 5.75 Å². The third-order valence-electron chi connectivity index (χ3n) is 2.38. The van der Waals surface area contributed by atoms with Crippen molar-refractivity contribution in [2.45, 2.75) is 19.4 Å². The van der Waals surface area contributed by atoms with Crippen LogP contribution in [0.4, 0.5) is 0 Å². The van der Waals surface area contributed by atoms with E-state index in [1.165, 1.54) is 0 Å². The highest BCUT2D eigenvalue weighted by molar-refractivity contribution is 6.30. The molecule has 6 nitrogen and oxygen atoms in total. The summed E-state index contributed by atoms with van der Waals surface area (Å²) in [4.78, 5) is 11.6. The monoisotopic (exact) mass is 285 g/mol. The molecular formula is C12H16ClN3O3. The molecular weight excluding hydrogens is 270 g/mol. The van der Waals surface area contributed by atoms with Crippen LogP contribution in [0.15, 0.2) is 29.4 Å². The van der Waals surface area contributed by atoms with Gasteiger partial charge < -0.3 is 21.0 Å². The molecule has 1 aromatic carbocycles. The number of carbonyl (C=O) groups excluding carboxylic acids is 1. The molecule has 1 rings (SSSR count). The summed E-state index contributed by atoms with van der Waals surface area (Å²) < 4.78 is 5.27. The van der Waals surface area contributed by atoms with Gasteiger partial charge in [0.1, 0.15) is 5.75 Å². The van der Waals surface area contributed by atoms with Gasteiger partial charge in [-0.25, -0.2) is 0 Å². The van der Waals surface area contributed by atoms with E-state index in [2.05, 4.69) is 10.5 Å². The summed E-state index contributed by atoms with van der Waals surface area (Å²) in [5.41, 5.74) is 5.43. The number of hydrogen-bond acceptors (Lipinski definition) is 4. The third-order valence-corrected chi connectivity index (χ3v) is 2.62. The fourth-order valence-electron chi connectivity index (χ4n) is 1.40. The van der Waals surface area contributed by atoms with Gasteiger partial charge in [-0.15, -0.1) is 0 Å². The van der Waals surface area contributed by atoms with E-state index in [0.717, 1.165) is 0 Å². The molecule has 1 atom stereocenters. The first-order valence-corrected chi connectivity index (χ1v) is 6.09. The summed E-state index contributed by atoms with van der Waals surface area (Å²) in [6.45, 7) is 1.64. The lowest BCUT2D eigenvalue weighted by Gasteiger charge is -2.15. The molecule has 0 aromatic heterocycles. The van der Waals surface area contributed by atoms with Crippen LogP contribution in [0.25, 0.3) is 0 Å². The Balaban J connectivity index is 2.47. The molecule has 0 saturated heterocycles. The lowest BCUT2D eigenvalue weighted by Crippen LogP contribution is -2.45. The van der Waals surface area contributed by atoms with Crippen LogP contribution >= 0.6 is 11.6 Å². The number of amides is 1. The van der Waals surface area contributed by atoms with Gasteiger partial charge >= 0.3 is 0 Å². The quantitative estimate of drug-likeness (QED) is 0.318. The molecule has 19 heavy (non-hydrogen) atoms. The van der Waals surface area contributed by atoms with Crippen molar-refractivity contribution in [3.63, 3.8) is 0 Å². The Morgan fingerprint density at radius 3 is 2.95 bits per heavy atom. The molecule has 1 unspecified atom stereocenters. The summed E-state index contributed by atoms with van der Waals surface area (Å²) in [5, 5.41) is 14.5. The first kappa shape index (κ1) is 15.1. The molecule has 0 bridgehead atoms. The molecule has 1 aromatic rings. The Morgan fingerprint density at radius 1 is 1.63 bits per heavy atom. The van der Waals surface area contributed by atoms with Gasteiger partial charge in [0.25, 0.3) is 5.91 Å². The van der Waals surface area contributed by atoms with Crippen molar-refractivity contribution in [3.05, 3.63) is 29.3 Å². The van der Waals surface area contributed by atoms with Crippen LogP contribution in [0, 0.1) is 0 Å². The van der Waals surface area contributed by atoms with Crippen LogP contribution in [-0.2, 0) is 4.79 Å². The average molecular weight is 286 g/mol. The minimum atomic E-state index is -0.513. The van der Waals surface area contributed by atoms with Gasteiger partial charge in [-0.05, 0) is 24.6 Å². The van der Waals surface area contributed by atoms with Crippen LogP contribution in [0.3, 0.4) is 0 Å². The van der Waals surface area contributed by atoms with E-state index in [1.807, 2.05) is 0 Å². The maximum atomic E-state index is 11.6. The van der Waals surface area contributed by atoms with E-state index in [0.29, 0.717) is 17.2 Å². The number of rotatable bonds is 6. The second-order valence-electron chi connectivity index (χ2n) is 3.80. The Bertz CT molecular complexity index is 465. The van der Waals surface area contributed by atoms with E-state index in [-0.39, 0.29) is 18.3 Å². The summed E-state index contributed by atoms with van der Waals surface area (Å²) >= 11 is 5.79. The predicted octanol–water partition coefficient (Wildman–Crippen LogP) is 1.36. The van der Waals surface area contributed by atoms with Crippen molar-refractivity contribution in [1.82, 2.24) is 5.32 Å². The van der Waals surface area contributed by atoms with Crippen molar-refractivity contribution in [2.24, 2.45) is 10.9 Å². The van der Waals surface area contributed by atoms with Crippen LogP contribution in [0.1, 0.15) is 13.3 Å². The molecule has 4 N–H and O–H groups in total. The second-order valence-corrected chi connectivity index (χ2v) is 4.24. The Kier molecular flexibility index (Phi) is 5.95. The van der Waals surface area contributed by atoms with E-state index in [4.69, 9.17) is 27.3 Å². The molecule has 1 amide bonds. The number of hydrogen-bond donors (Lipinski definition) is 3. The molecule has 0 spiro atoms. The summed E-state index contributed by atoms with van der Waals surface area (Å²) in [6, 6.07) is 6.22. The second kappa shape index (κ2) is 7.48. The third kappa shape index (κ3) is 5.05. The van der Waals surface area contributed by atoms with Crippen LogP contribution in [0.2, 0.25) is 5.02 Å². The lowest BCUT2D eigenvalue weighted by molar-refractivity contribution is -0.123. The van der Waals surface area contributed by atoms with Crippen molar-refractivity contribution in [2.75, 3.05) is 6.61 Å². The van der Waals surface area contributed by atoms with Gasteiger partial charge in [-0.1, -0.05) is 29.7 Å². The normalized spacial score (nSPS) is 12.8. The number of halogens is 1. The van der Waals surface area contributed by atoms with Crippen molar-refractivity contribution in [1.29, 1.82) is 0 Å². The minimum absolute atomic E-state index is 0.0430. The fourth-order valence-corrected chi connectivity index (χ4v) is 1.58. The minimum Gasteiger partial charge on any atom is -0.484 e. The standard InChI is InChI=1S/C12H16ClN3O3/c1-2-10(12(14)16-18)15-11(17)7-19-9-5-3-4-8(13)6-9/h3-6,10,18H,2,7H2,1H3,(H2,14,16)(H,15,17). The highest BCUT2D eigenvalue weighted by Crippen LogP contribution is 2.16. The molecule has 0 saturated carbocycles. The number of amidine groups is 1. The molecule has 0 aliphatic rings. The SMILES string of the molecule is CCC(NC(=O)COc1cccc(Cl)c1)C(N)=NO. The zero-order valence-corrected chi connectivity index (χ0v) is 11.2. The fraction of sp³-hybridized carbons (Fsp3) is 0.333. The van der Waals surface area contributed by atoms with E-state index < -0.39 is 6.04 Å². The van der Waals surface area contributed by atoms with Gasteiger partial charge in [0.05, 0.1) is 6.04 Å². The first-order chi connectivity index (χ1) is 9.06. The molecule has 7 heteroatoms.